The third kappa shape index (κ3) is 9.81. The van der Waals surface area contributed by atoms with E-state index in [9.17, 15) is 10.2 Å². The molecule has 0 amide bonds. The Morgan fingerprint density at radius 3 is 1.86 bits per heavy atom. The van der Waals surface area contributed by atoms with Crippen LogP contribution in [0.25, 0.3) is 0 Å². The van der Waals surface area contributed by atoms with Gasteiger partial charge < -0.3 is 10.2 Å². The fourth-order valence-corrected chi connectivity index (χ4v) is 3.49. The predicted molar refractivity (Wildman–Crippen MR) is 93.6 cm³/mol. The number of rotatable bonds is 12. The van der Waals surface area contributed by atoms with Gasteiger partial charge in [0.15, 0.2) is 0 Å². The molecule has 0 heterocycles. The number of aliphatic hydroxyl groups is 2. The van der Waals surface area contributed by atoms with E-state index in [0.717, 1.165) is 38.5 Å². The molecule has 0 aromatic carbocycles. The van der Waals surface area contributed by atoms with Gasteiger partial charge in [0.05, 0.1) is 0 Å². The van der Waals surface area contributed by atoms with Gasteiger partial charge in [0.1, 0.15) is 12.0 Å². The number of unbranched alkanes of at least 4 members (excludes halogenated alkanes) is 8. The number of hydrogen-bond acceptors (Lipinski definition) is 3. The van der Waals surface area contributed by atoms with Crippen LogP contribution in [0, 0.1) is 0 Å². The normalized spacial score (nSPS) is 19.8. The van der Waals surface area contributed by atoms with Crippen molar-refractivity contribution < 1.29 is 10.2 Å². The van der Waals surface area contributed by atoms with Gasteiger partial charge in [0, 0.05) is 0 Å². The maximum absolute atomic E-state index is 10.5. The van der Waals surface area contributed by atoms with Crippen LogP contribution in [-0.2, 0) is 0 Å². The standard InChI is InChI=1S/C19H39NO2/c1-2-3-4-5-6-7-8-9-12-15-18(21)20-19(22)16-13-10-11-14-17-19/h18,20-22H,2-17H2,1H3. The summed E-state index contributed by atoms with van der Waals surface area (Å²) in [5, 5.41) is 23.7. The van der Waals surface area contributed by atoms with Crippen LogP contribution in [0.4, 0.5) is 0 Å². The topological polar surface area (TPSA) is 52.5 Å². The second-order valence-electron chi connectivity index (χ2n) is 7.22. The van der Waals surface area contributed by atoms with Gasteiger partial charge in [-0.15, -0.1) is 0 Å². The van der Waals surface area contributed by atoms with Crippen molar-refractivity contribution in [3.05, 3.63) is 0 Å². The highest BCUT2D eigenvalue weighted by molar-refractivity contribution is 4.79. The molecule has 0 saturated heterocycles. The van der Waals surface area contributed by atoms with Crippen LogP contribution >= 0.6 is 0 Å². The van der Waals surface area contributed by atoms with E-state index in [4.69, 9.17) is 0 Å². The first-order valence-electron chi connectivity index (χ1n) is 9.84. The summed E-state index contributed by atoms with van der Waals surface area (Å²) < 4.78 is 0. The van der Waals surface area contributed by atoms with Gasteiger partial charge >= 0.3 is 0 Å². The molecular weight excluding hydrogens is 274 g/mol. The second-order valence-corrected chi connectivity index (χ2v) is 7.22. The van der Waals surface area contributed by atoms with Gasteiger partial charge in [0.25, 0.3) is 0 Å². The quantitative estimate of drug-likeness (QED) is 0.274. The molecule has 3 heteroatoms. The van der Waals surface area contributed by atoms with Crippen molar-refractivity contribution in [1.82, 2.24) is 5.32 Å². The molecule has 1 saturated carbocycles. The van der Waals surface area contributed by atoms with Crippen LogP contribution in [0.3, 0.4) is 0 Å². The Hall–Kier alpha value is -0.120. The Balaban J connectivity index is 1.97. The number of nitrogens with one attached hydrogen (secondary N) is 1. The largest absolute Gasteiger partial charge is 0.379 e. The smallest absolute Gasteiger partial charge is 0.117 e. The van der Waals surface area contributed by atoms with E-state index in [1.807, 2.05) is 0 Å². The summed E-state index contributed by atoms with van der Waals surface area (Å²) in [6.07, 6.45) is 18.0. The van der Waals surface area contributed by atoms with E-state index in [-0.39, 0.29) is 0 Å². The minimum atomic E-state index is -0.824. The van der Waals surface area contributed by atoms with Crippen LogP contribution in [0.1, 0.15) is 110 Å². The van der Waals surface area contributed by atoms with Crippen LogP contribution in [0.2, 0.25) is 0 Å². The van der Waals surface area contributed by atoms with Crippen molar-refractivity contribution in [3.8, 4) is 0 Å². The van der Waals surface area contributed by atoms with Crippen LogP contribution in [-0.4, -0.2) is 22.2 Å². The summed E-state index contributed by atoms with van der Waals surface area (Å²) >= 11 is 0. The molecule has 3 N–H and O–H groups in total. The zero-order valence-corrected chi connectivity index (χ0v) is 14.8. The van der Waals surface area contributed by atoms with E-state index in [0.29, 0.717) is 0 Å². The van der Waals surface area contributed by atoms with Crippen molar-refractivity contribution in [3.63, 3.8) is 0 Å². The average Bonchev–Trinajstić information content (AvgIpc) is 2.70. The van der Waals surface area contributed by atoms with Crippen molar-refractivity contribution in [2.75, 3.05) is 0 Å². The summed E-state index contributed by atoms with van der Waals surface area (Å²) in [6.45, 7) is 2.25. The van der Waals surface area contributed by atoms with Gasteiger partial charge in [-0.1, -0.05) is 71.1 Å². The van der Waals surface area contributed by atoms with Crippen LogP contribution < -0.4 is 5.32 Å². The Kier molecular flexibility index (Phi) is 11.2. The molecule has 132 valence electrons. The Bertz CT molecular complexity index is 250. The minimum absolute atomic E-state index is 0.548. The number of aliphatic hydroxyl groups excluding tert-OH is 1. The summed E-state index contributed by atoms with van der Waals surface area (Å²) in [5.74, 6) is 0. The van der Waals surface area contributed by atoms with E-state index in [2.05, 4.69) is 12.2 Å². The van der Waals surface area contributed by atoms with Gasteiger partial charge in [0.2, 0.25) is 0 Å². The van der Waals surface area contributed by atoms with Gasteiger partial charge in [-0.3, -0.25) is 5.32 Å². The lowest BCUT2D eigenvalue weighted by Crippen LogP contribution is -2.50. The van der Waals surface area contributed by atoms with E-state index in [1.54, 1.807) is 0 Å². The fraction of sp³-hybridized carbons (Fsp3) is 1.00. The molecule has 1 atom stereocenters. The highest BCUT2D eigenvalue weighted by Gasteiger charge is 2.29. The van der Waals surface area contributed by atoms with E-state index < -0.39 is 12.0 Å². The SMILES string of the molecule is CCCCCCCCCCCC(O)NC1(O)CCCCCC1. The molecule has 1 unspecified atom stereocenters. The van der Waals surface area contributed by atoms with Gasteiger partial charge in [-0.2, -0.15) is 0 Å². The van der Waals surface area contributed by atoms with E-state index in [1.165, 1.54) is 64.2 Å². The van der Waals surface area contributed by atoms with Gasteiger partial charge in [-0.05, 0) is 38.5 Å². The first-order valence-corrected chi connectivity index (χ1v) is 9.84. The molecule has 22 heavy (non-hydrogen) atoms. The van der Waals surface area contributed by atoms with E-state index >= 15 is 0 Å². The molecule has 1 aliphatic rings. The van der Waals surface area contributed by atoms with Crippen LogP contribution in [0.15, 0.2) is 0 Å². The molecular formula is C19H39NO2. The lowest BCUT2D eigenvalue weighted by atomic mass is 10.0. The van der Waals surface area contributed by atoms with Crippen LogP contribution in [0.5, 0.6) is 0 Å². The highest BCUT2D eigenvalue weighted by Crippen LogP contribution is 2.25. The first-order chi connectivity index (χ1) is 10.7. The lowest BCUT2D eigenvalue weighted by molar-refractivity contribution is -0.0592. The monoisotopic (exact) mass is 313 g/mol. The van der Waals surface area contributed by atoms with Crippen molar-refractivity contribution in [2.45, 2.75) is 122 Å². The Morgan fingerprint density at radius 1 is 0.818 bits per heavy atom. The maximum atomic E-state index is 10.5. The third-order valence-corrected chi connectivity index (χ3v) is 4.95. The zero-order chi connectivity index (χ0) is 16.1. The van der Waals surface area contributed by atoms with Gasteiger partial charge in [-0.25, -0.2) is 0 Å². The van der Waals surface area contributed by atoms with Crippen molar-refractivity contribution in [2.24, 2.45) is 0 Å². The molecule has 0 aliphatic heterocycles. The molecule has 0 bridgehead atoms. The average molecular weight is 314 g/mol. The molecule has 0 aromatic heterocycles. The third-order valence-electron chi connectivity index (χ3n) is 4.95. The molecule has 0 aromatic rings. The molecule has 3 nitrogen and oxygen atoms in total. The predicted octanol–water partition coefficient (Wildman–Crippen LogP) is 4.86. The highest BCUT2D eigenvalue weighted by atomic mass is 16.3. The first kappa shape index (κ1) is 19.9. The molecule has 1 aliphatic carbocycles. The molecule has 1 rings (SSSR count). The number of hydrogen-bond donors (Lipinski definition) is 3. The molecule has 1 fully saturated rings. The summed E-state index contributed by atoms with van der Waals surface area (Å²) in [6, 6.07) is 0. The maximum Gasteiger partial charge on any atom is 0.117 e. The summed E-state index contributed by atoms with van der Waals surface area (Å²) in [4.78, 5) is 0. The fourth-order valence-electron chi connectivity index (χ4n) is 3.49. The van der Waals surface area contributed by atoms with Crippen molar-refractivity contribution in [1.29, 1.82) is 0 Å². The lowest BCUT2D eigenvalue weighted by Gasteiger charge is -2.31. The molecule has 0 radical (unpaired) electrons. The van der Waals surface area contributed by atoms with Crippen molar-refractivity contribution >= 4 is 0 Å². The summed E-state index contributed by atoms with van der Waals surface area (Å²) in [7, 11) is 0. The Labute approximate surface area is 137 Å². The minimum Gasteiger partial charge on any atom is -0.379 e. The Morgan fingerprint density at radius 2 is 1.32 bits per heavy atom. The second kappa shape index (κ2) is 12.3. The summed E-state index contributed by atoms with van der Waals surface area (Å²) in [5.41, 5.74) is -0.824. The zero-order valence-electron chi connectivity index (χ0n) is 14.8. The molecule has 0 spiro atoms.